The lowest BCUT2D eigenvalue weighted by molar-refractivity contribution is 0.483. The lowest BCUT2D eigenvalue weighted by atomic mass is 10.2. The van der Waals surface area contributed by atoms with Crippen molar-refractivity contribution in [2.24, 2.45) is 0 Å². The van der Waals surface area contributed by atoms with E-state index < -0.39 is 9.84 Å². The highest BCUT2D eigenvalue weighted by atomic mass is 32.2. The average molecular weight is 266 g/mol. The number of nitrogen functional groups attached to an aromatic ring is 1. The lowest BCUT2D eigenvalue weighted by Gasteiger charge is -2.24. The fourth-order valence-corrected chi connectivity index (χ4v) is 4.23. The summed E-state index contributed by atoms with van der Waals surface area (Å²) in [6.45, 7) is 0. The van der Waals surface area contributed by atoms with Crippen molar-refractivity contribution >= 4 is 26.8 Å². The van der Waals surface area contributed by atoms with Crippen molar-refractivity contribution in [3.8, 4) is 0 Å². The number of pyridine rings is 1. The predicted molar refractivity (Wildman–Crippen MR) is 68.9 cm³/mol. The molecule has 6 nitrogen and oxygen atoms in total. The number of fused-ring (bicyclic) bond motifs is 1. The molecule has 1 aliphatic rings. The van der Waals surface area contributed by atoms with Crippen LogP contribution in [-0.2, 0) is 9.84 Å². The van der Waals surface area contributed by atoms with E-state index in [-0.39, 0.29) is 17.5 Å². The second-order valence-corrected chi connectivity index (χ2v) is 6.84. The van der Waals surface area contributed by atoms with Crippen LogP contribution in [0, 0.1) is 0 Å². The Bertz CT molecular complexity index is 692. The van der Waals surface area contributed by atoms with Crippen LogP contribution in [0.1, 0.15) is 18.9 Å². The minimum absolute atomic E-state index is 0.115. The number of nitrogens with zero attached hydrogens (tertiary/aromatic N) is 3. The van der Waals surface area contributed by atoms with Gasteiger partial charge in [0.15, 0.2) is 9.84 Å². The molecule has 3 rings (SSSR count). The Balaban J connectivity index is 2.11. The number of anilines is 1. The van der Waals surface area contributed by atoms with Crippen LogP contribution in [0.25, 0.3) is 11.0 Å². The van der Waals surface area contributed by atoms with E-state index in [0.717, 1.165) is 11.9 Å². The first-order valence-corrected chi connectivity index (χ1v) is 7.67. The van der Waals surface area contributed by atoms with Crippen LogP contribution in [-0.4, -0.2) is 34.5 Å². The van der Waals surface area contributed by atoms with E-state index in [1.807, 2.05) is 10.6 Å². The maximum Gasteiger partial charge on any atom is 0.201 e. The summed E-state index contributed by atoms with van der Waals surface area (Å²) in [4.78, 5) is 8.21. The largest absolute Gasteiger partial charge is 0.369 e. The fraction of sp³-hybridized carbons (Fsp3) is 0.455. The van der Waals surface area contributed by atoms with Crippen LogP contribution in [0.2, 0.25) is 0 Å². The van der Waals surface area contributed by atoms with Crippen molar-refractivity contribution in [3.63, 3.8) is 0 Å². The average Bonchev–Trinajstić information content (AvgIpc) is 2.63. The molecule has 1 saturated heterocycles. The van der Waals surface area contributed by atoms with Gasteiger partial charge in [-0.05, 0) is 18.9 Å². The number of hydrogen-bond acceptors (Lipinski definition) is 5. The topological polar surface area (TPSA) is 90.9 Å². The molecular weight excluding hydrogens is 252 g/mol. The van der Waals surface area contributed by atoms with Gasteiger partial charge in [0, 0.05) is 6.20 Å². The molecule has 0 aliphatic carbocycles. The zero-order chi connectivity index (χ0) is 12.8. The van der Waals surface area contributed by atoms with Gasteiger partial charge in [-0.3, -0.25) is 4.98 Å². The third-order valence-corrected chi connectivity index (χ3v) is 5.13. The van der Waals surface area contributed by atoms with Gasteiger partial charge in [0.1, 0.15) is 5.52 Å². The highest BCUT2D eigenvalue weighted by molar-refractivity contribution is 7.91. The Morgan fingerprint density at radius 2 is 2.28 bits per heavy atom. The van der Waals surface area contributed by atoms with Crippen molar-refractivity contribution in [2.75, 3.05) is 17.2 Å². The molecule has 0 saturated carbocycles. The van der Waals surface area contributed by atoms with Crippen LogP contribution in [0.15, 0.2) is 18.5 Å². The van der Waals surface area contributed by atoms with E-state index in [4.69, 9.17) is 5.73 Å². The lowest BCUT2D eigenvalue weighted by Crippen LogP contribution is -2.28. The molecule has 1 atom stereocenters. The molecule has 3 heterocycles. The highest BCUT2D eigenvalue weighted by Gasteiger charge is 2.28. The third kappa shape index (κ3) is 1.84. The number of rotatable bonds is 1. The van der Waals surface area contributed by atoms with E-state index in [1.54, 1.807) is 12.4 Å². The Labute approximate surface area is 105 Å². The summed E-state index contributed by atoms with van der Waals surface area (Å²) in [6.07, 6.45) is 4.80. The molecule has 0 radical (unpaired) electrons. The Morgan fingerprint density at radius 3 is 3.06 bits per heavy atom. The molecule has 1 aliphatic heterocycles. The summed E-state index contributed by atoms with van der Waals surface area (Å²) in [6, 6.07) is 1.70. The quantitative estimate of drug-likeness (QED) is 0.823. The molecule has 7 heteroatoms. The Morgan fingerprint density at radius 1 is 1.44 bits per heavy atom. The Kier molecular flexibility index (Phi) is 2.51. The Hall–Kier alpha value is -1.63. The molecular formula is C11H14N4O2S. The first-order valence-electron chi connectivity index (χ1n) is 5.85. The first kappa shape index (κ1) is 11.5. The predicted octanol–water partition coefficient (Wildman–Crippen LogP) is 0.763. The van der Waals surface area contributed by atoms with Crippen LogP contribution in [0.4, 0.5) is 5.95 Å². The van der Waals surface area contributed by atoms with Crippen molar-refractivity contribution in [2.45, 2.75) is 18.9 Å². The number of nitrogens with two attached hydrogens (primary N) is 1. The number of sulfone groups is 1. The van der Waals surface area contributed by atoms with Crippen molar-refractivity contribution in [1.82, 2.24) is 14.5 Å². The molecule has 0 amide bonds. The summed E-state index contributed by atoms with van der Waals surface area (Å²) in [5.74, 6) is 0.780. The zero-order valence-corrected chi connectivity index (χ0v) is 10.6. The smallest absolute Gasteiger partial charge is 0.201 e. The van der Waals surface area contributed by atoms with Gasteiger partial charge in [0.2, 0.25) is 5.95 Å². The van der Waals surface area contributed by atoms with Crippen LogP contribution in [0.5, 0.6) is 0 Å². The summed E-state index contributed by atoms with van der Waals surface area (Å²) in [5.41, 5.74) is 7.46. The molecule has 2 aromatic heterocycles. The minimum Gasteiger partial charge on any atom is -0.369 e. The monoisotopic (exact) mass is 266 g/mol. The molecule has 2 N–H and O–H groups in total. The molecule has 1 unspecified atom stereocenters. The number of imidazole rings is 1. The van der Waals surface area contributed by atoms with E-state index in [2.05, 4.69) is 9.97 Å². The van der Waals surface area contributed by atoms with Crippen molar-refractivity contribution in [1.29, 1.82) is 0 Å². The van der Waals surface area contributed by atoms with Crippen LogP contribution < -0.4 is 5.73 Å². The van der Waals surface area contributed by atoms with Gasteiger partial charge in [-0.15, -0.1) is 0 Å². The molecule has 2 aromatic rings. The second kappa shape index (κ2) is 3.94. The van der Waals surface area contributed by atoms with Gasteiger partial charge in [-0.25, -0.2) is 13.4 Å². The molecule has 1 fully saturated rings. The summed E-state index contributed by atoms with van der Waals surface area (Å²) < 4.78 is 25.3. The second-order valence-electron chi connectivity index (χ2n) is 4.61. The van der Waals surface area contributed by atoms with Gasteiger partial charge in [0.05, 0.1) is 29.3 Å². The van der Waals surface area contributed by atoms with Gasteiger partial charge in [-0.2, -0.15) is 0 Å². The van der Waals surface area contributed by atoms with Crippen molar-refractivity contribution < 1.29 is 8.42 Å². The first-order chi connectivity index (χ1) is 8.57. The van der Waals surface area contributed by atoms with E-state index >= 15 is 0 Å². The van der Waals surface area contributed by atoms with Crippen molar-refractivity contribution in [3.05, 3.63) is 18.5 Å². The fourth-order valence-electron chi connectivity index (χ4n) is 2.56. The summed E-state index contributed by atoms with van der Waals surface area (Å²) in [5, 5.41) is 0. The van der Waals surface area contributed by atoms with Gasteiger partial charge < -0.3 is 10.3 Å². The summed E-state index contributed by atoms with van der Waals surface area (Å²) in [7, 11) is -2.96. The number of hydrogen-bond donors (Lipinski definition) is 1. The highest BCUT2D eigenvalue weighted by Crippen LogP contribution is 2.29. The van der Waals surface area contributed by atoms with E-state index in [0.29, 0.717) is 17.9 Å². The SMILES string of the molecule is Nc1nc2cnccc2n1C1CCCS(=O)(=O)C1. The normalized spacial score (nSPS) is 23.2. The maximum absolute atomic E-state index is 11.7. The summed E-state index contributed by atoms with van der Waals surface area (Å²) >= 11 is 0. The standard InChI is InChI=1S/C11H14N4O2S/c12-11-14-9-6-13-4-3-10(9)15(11)8-2-1-5-18(16,17)7-8/h3-4,6,8H,1-2,5,7H2,(H2,12,14). The van der Waals surface area contributed by atoms with Crippen LogP contribution in [0.3, 0.4) is 0 Å². The molecule has 18 heavy (non-hydrogen) atoms. The van der Waals surface area contributed by atoms with Crippen LogP contribution >= 0.6 is 0 Å². The van der Waals surface area contributed by atoms with Gasteiger partial charge in [-0.1, -0.05) is 0 Å². The van der Waals surface area contributed by atoms with Gasteiger partial charge in [0.25, 0.3) is 0 Å². The van der Waals surface area contributed by atoms with Gasteiger partial charge >= 0.3 is 0 Å². The zero-order valence-electron chi connectivity index (χ0n) is 9.78. The number of aromatic nitrogens is 3. The molecule has 96 valence electrons. The third-order valence-electron chi connectivity index (χ3n) is 3.32. The van der Waals surface area contributed by atoms with E-state index in [1.165, 1.54) is 0 Å². The molecule has 0 aromatic carbocycles. The maximum atomic E-state index is 11.7. The molecule has 0 bridgehead atoms. The molecule has 0 spiro atoms. The minimum atomic E-state index is -2.96. The van der Waals surface area contributed by atoms with E-state index in [9.17, 15) is 8.42 Å².